The van der Waals surface area contributed by atoms with Crippen LogP contribution in [-0.2, 0) is 4.79 Å². The molecule has 4 N–H and O–H groups in total. The van der Waals surface area contributed by atoms with Gasteiger partial charge in [-0.05, 0) is 90.8 Å². The number of aliphatic carboxylic acids is 1. The van der Waals surface area contributed by atoms with Crippen LogP contribution >= 0.6 is 0 Å². The van der Waals surface area contributed by atoms with Crippen molar-refractivity contribution in [2.24, 2.45) is 50.7 Å². The average molecular weight is 475 g/mol. The molecule has 0 aliphatic heterocycles. The maximum atomic E-state index is 12.7. The van der Waals surface area contributed by atoms with Gasteiger partial charge in [-0.2, -0.15) is 0 Å². The van der Waals surface area contributed by atoms with E-state index in [2.05, 4.69) is 47.6 Å². The fraction of sp³-hybridized carbons (Fsp3) is 0.897. The predicted molar refractivity (Wildman–Crippen MR) is 131 cm³/mol. The first-order valence-electron chi connectivity index (χ1n) is 13.6. The van der Waals surface area contributed by atoms with Crippen LogP contribution < -0.4 is 0 Å². The minimum absolute atomic E-state index is 0.0300. The van der Waals surface area contributed by atoms with Crippen molar-refractivity contribution < 1.29 is 25.2 Å². The van der Waals surface area contributed by atoms with Gasteiger partial charge in [0.1, 0.15) is 0 Å². The molecular weight excluding hydrogens is 428 g/mol. The van der Waals surface area contributed by atoms with Gasteiger partial charge in [0.05, 0.1) is 23.7 Å². The predicted octanol–water partition coefficient (Wildman–Crippen LogP) is 4.79. The summed E-state index contributed by atoms with van der Waals surface area (Å²) in [6, 6.07) is 0. The number of fused-ring (bicyclic) bond motifs is 7. The number of hydrogen-bond acceptors (Lipinski definition) is 4. The van der Waals surface area contributed by atoms with Gasteiger partial charge in [-0.3, -0.25) is 4.79 Å². The highest BCUT2D eigenvalue weighted by molar-refractivity contribution is 5.77. The first-order valence-corrected chi connectivity index (χ1v) is 13.6. The lowest BCUT2D eigenvalue weighted by Crippen LogP contribution is -2.69. The number of hydrogen-bond donors (Lipinski definition) is 4. The third-order valence-electron chi connectivity index (χ3n) is 12.8. The fourth-order valence-corrected chi connectivity index (χ4v) is 10.7. The number of aliphatic hydroxyl groups is 3. The average Bonchev–Trinajstić information content (AvgIpc) is 2.73. The van der Waals surface area contributed by atoms with Crippen molar-refractivity contribution in [3.63, 3.8) is 0 Å². The van der Waals surface area contributed by atoms with Gasteiger partial charge in [0.25, 0.3) is 0 Å². The van der Waals surface area contributed by atoms with Crippen molar-refractivity contribution in [3.05, 3.63) is 11.6 Å². The molecule has 0 unspecified atom stereocenters. The third kappa shape index (κ3) is 2.75. The Labute approximate surface area is 205 Å². The second-order valence-electron chi connectivity index (χ2n) is 14.3. The van der Waals surface area contributed by atoms with Gasteiger partial charge in [-0.15, -0.1) is 0 Å². The summed E-state index contributed by atoms with van der Waals surface area (Å²) in [6.45, 7) is 13.3. The van der Waals surface area contributed by atoms with E-state index in [4.69, 9.17) is 0 Å². The van der Waals surface area contributed by atoms with Gasteiger partial charge >= 0.3 is 5.97 Å². The van der Waals surface area contributed by atoms with Crippen molar-refractivity contribution in [1.82, 2.24) is 0 Å². The lowest BCUT2D eigenvalue weighted by Gasteiger charge is -2.72. The lowest BCUT2D eigenvalue weighted by atomic mass is 9.33. The Morgan fingerprint density at radius 2 is 1.65 bits per heavy atom. The minimum Gasteiger partial charge on any atom is -0.481 e. The molecule has 0 radical (unpaired) electrons. The fourth-order valence-electron chi connectivity index (χ4n) is 10.7. The van der Waals surface area contributed by atoms with E-state index in [9.17, 15) is 25.2 Å². The Morgan fingerprint density at radius 1 is 0.971 bits per heavy atom. The van der Waals surface area contributed by atoms with Gasteiger partial charge < -0.3 is 20.4 Å². The van der Waals surface area contributed by atoms with Crippen LogP contribution in [0.2, 0.25) is 0 Å². The van der Waals surface area contributed by atoms with Gasteiger partial charge in [0.2, 0.25) is 0 Å². The highest BCUT2D eigenvalue weighted by Gasteiger charge is 2.71. The molecule has 34 heavy (non-hydrogen) atoms. The zero-order chi connectivity index (χ0) is 25.1. The van der Waals surface area contributed by atoms with Crippen molar-refractivity contribution >= 4 is 5.97 Å². The molecule has 4 fully saturated rings. The van der Waals surface area contributed by atoms with Crippen LogP contribution in [0.4, 0.5) is 0 Å². The number of carbonyl (C=O) groups is 1. The summed E-state index contributed by atoms with van der Waals surface area (Å²) in [4.78, 5) is 12.7. The quantitative estimate of drug-likeness (QED) is 0.410. The normalized spacial score (nSPS) is 56.3. The Morgan fingerprint density at radius 3 is 2.29 bits per heavy atom. The third-order valence-corrected chi connectivity index (χ3v) is 12.8. The maximum absolute atomic E-state index is 12.7. The van der Waals surface area contributed by atoms with Crippen molar-refractivity contribution in [2.75, 3.05) is 0 Å². The summed E-state index contributed by atoms with van der Waals surface area (Å²) < 4.78 is 0. The molecule has 4 saturated carbocycles. The number of carboxylic acids is 1. The molecule has 0 aromatic rings. The molecule has 0 aromatic heterocycles. The zero-order valence-electron chi connectivity index (χ0n) is 22.0. The van der Waals surface area contributed by atoms with Crippen LogP contribution in [0, 0.1) is 50.7 Å². The van der Waals surface area contributed by atoms with E-state index in [1.54, 1.807) is 0 Å². The highest BCUT2D eigenvalue weighted by Crippen LogP contribution is 2.75. The molecule has 5 rings (SSSR count). The van der Waals surface area contributed by atoms with Crippen LogP contribution in [0.15, 0.2) is 11.6 Å². The molecule has 0 spiro atoms. The van der Waals surface area contributed by atoms with E-state index in [1.165, 1.54) is 0 Å². The number of aliphatic hydroxyl groups excluding tert-OH is 3. The lowest BCUT2D eigenvalue weighted by molar-refractivity contribution is -0.243. The van der Waals surface area contributed by atoms with Crippen molar-refractivity contribution in [2.45, 2.75) is 111 Å². The SMILES string of the molecule is C[C@@H]1CC[C@]2(C(=O)O)CC[C@]3(C)C(=CC[C@@H]4[C@@]5(C)CC[C@H](O)C(C)(C)[C@@H]5[C@H](O)C[C@]43C)[C@H]2[C@H]1O. The van der Waals surface area contributed by atoms with Crippen molar-refractivity contribution in [1.29, 1.82) is 0 Å². The second kappa shape index (κ2) is 7.32. The molecule has 0 aromatic carbocycles. The summed E-state index contributed by atoms with van der Waals surface area (Å²) in [5, 5.41) is 44.4. The largest absolute Gasteiger partial charge is 0.481 e. The molecular formula is C29H46O5. The molecule has 192 valence electrons. The van der Waals surface area contributed by atoms with E-state index in [1.807, 2.05) is 0 Å². The number of allylic oxidation sites excluding steroid dienone is 1. The molecule has 11 atom stereocenters. The summed E-state index contributed by atoms with van der Waals surface area (Å²) in [6.07, 6.45) is 6.73. The van der Waals surface area contributed by atoms with Crippen LogP contribution in [0.5, 0.6) is 0 Å². The van der Waals surface area contributed by atoms with Gasteiger partial charge in [0, 0.05) is 5.92 Å². The standard InChI is InChI=1S/C29H46O5/c1-16-9-12-29(24(33)34)14-13-27(5)17(21(29)22(16)32)7-8-19-26(4)11-10-20(31)25(2,3)23(26)18(30)15-28(19,27)6/h7,16,18-23,30-32H,8-15H2,1-6H3,(H,33,34)/t16-,18-,19-,20+,21+,22+,23+,26-,27-,28-,29+/m1/s1. The van der Waals surface area contributed by atoms with Crippen molar-refractivity contribution in [3.8, 4) is 0 Å². The van der Waals surface area contributed by atoms with E-state index in [0.717, 1.165) is 37.7 Å². The Hall–Kier alpha value is -0.910. The topological polar surface area (TPSA) is 98.0 Å². The molecule has 5 heteroatoms. The van der Waals surface area contributed by atoms with Crippen LogP contribution in [0.3, 0.4) is 0 Å². The van der Waals surface area contributed by atoms with E-state index in [-0.39, 0.29) is 39.4 Å². The molecule has 0 heterocycles. The molecule has 5 nitrogen and oxygen atoms in total. The van der Waals surface area contributed by atoms with E-state index < -0.39 is 29.7 Å². The van der Waals surface area contributed by atoms with E-state index in [0.29, 0.717) is 25.2 Å². The molecule has 0 saturated heterocycles. The summed E-state index contributed by atoms with van der Waals surface area (Å²) in [5.74, 6) is -0.632. The van der Waals surface area contributed by atoms with Crippen LogP contribution in [-0.4, -0.2) is 44.7 Å². The summed E-state index contributed by atoms with van der Waals surface area (Å²) >= 11 is 0. The van der Waals surface area contributed by atoms with Crippen LogP contribution in [0.1, 0.15) is 92.9 Å². The Balaban J connectivity index is 1.64. The summed E-state index contributed by atoms with van der Waals surface area (Å²) in [7, 11) is 0. The minimum atomic E-state index is -0.878. The number of rotatable bonds is 1. The highest BCUT2D eigenvalue weighted by atomic mass is 16.4. The smallest absolute Gasteiger partial charge is 0.310 e. The van der Waals surface area contributed by atoms with E-state index >= 15 is 0 Å². The summed E-state index contributed by atoms with van der Waals surface area (Å²) in [5.41, 5.74) is -0.614. The Kier molecular flexibility index (Phi) is 5.33. The van der Waals surface area contributed by atoms with Crippen LogP contribution in [0.25, 0.3) is 0 Å². The first kappa shape index (κ1) is 24.8. The monoisotopic (exact) mass is 474 g/mol. The van der Waals surface area contributed by atoms with Gasteiger partial charge in [-0.1, -0.05) is 53.2 Å². The maximum Gasteiger partial charge on any atom is 0.310 e. The number of carboxylic acid groups (broad SMARTS) is 1. The van der Waals surface area contributed by atoms with Gasteiger partial charge in [0.15, 0.2) is 0 Å². The van der Waals surface area contributed by atoms with Gasteiger partial charge in [-0.25, -0.2) is 0 Å². The Bertz CT molecular complexity index is 910. The molecule has 5 aliphatic carbocycles. The molecule has 5 aliphatic rings. The zero-order valence-corrected chi connectivity index (χ0v) is 22.0. The molecule has 0 bridgehead atoms. The first-order chi connectivity index (χ1) is 15.7. The molecule has 0 amide bonds. The second-order valence-corrected chi connectivity index (χ2v) is 14.3.